The average molecular weight is 296 g/mol. The van der Waals surface area contributed by atoms with Crippen molar-refractivity contribution in [3.8, 4) is 11.8 Å². The molecule has 0 radical (unpaired) electrons. The van der Waals surface area contributed by atoms with E-state index in [0.717, 1.165) is 0 Å². The molecule has 0 aliphatic heterocycles. The van der Waals surface area contributed by atoms with Gasteiger partial charge in [-0.1, -0.05) is 18.2 Å². The second-order valence-corrected chi connectivity index (χ2v) is 4.30. The predicted octanol–water partition coefficient (Wildman–Crippen LogP) is 2.01. The van der Waals surface area contributed by atoms with E-state index >= 15 is 0 Å². The zero-order valence-corrected chi connectivity index (χ0v) is 11.3. The first kappa shape index (κ1) is 13.6. The highest BCUT2D eigenvalue weighted by atomic mass is 16.3. The number of benzene rings is 1. The van der Waals surface area contributed by atoms with Gasteiger partial charge in [0.25, 0.3) is 5.95 Å². The molecule has 2 heterocycles. The van der Waals surface area contributed by atoms with Crippen LogP contribution in [0.25, 0.3) is 5.95 Å². The second kappa shape index (κ2) is 5.92. The van der Waals surface area contributed by atoms with Crippen molar-refractivity contribution in [3.05, 3.63) is 55.0 Å². The van der Waals surface area contributed by atoms with Crippen molar-refractivity contribution in [3.63, 3.8) is 0 Å². The van der Waals surface area contributed by atoms with E-state index in [0.29, 0.717) is 5.69 Å². The molecule has 1 aromatic carbocycles. The number of aromatic hydroxyl groups is 1. The van der Waals surface area contributed by atoms with Gasteiger partial charge in [-0.3, -0.25) is 0 Å². The van der Waals surface area contributed by atoms with Gasteiger partial charge < -0.3 is 15.7 Å². The molecule has 3 rings (SSSR count). The first-order valence-corrected chi connectivity index (χ1v) is 6.41. The number of rotatable bonds is 3. The molecule has 0 bridgehead atoms. The molecular formula is C14H12N6O2. The van der Waals surface area contributed by atoms with Gasteiger partial charge in [-0.2, -0.15) is 10.1 Å². The summed E-state index contributed by atoms with van der Waals surface area (Å²) in [4.78, 5) is 19.7. The summed E-state index contributed by atoms with van der Waals surface area (Å²) in [5, 5.41) is 18.9. The van der Waals surface area contributed by atoms with Crippen LogP contribution in [0.3, 0.4) is 0 Å². The molecule has 0 aliphatic rings. The Labute approximate surface area is 125 Å². The van der Waals surface area contributed by atoms with E-state index in [1.54, 1.807) is 42.7 Å². The number of anilines is 2. The number of amides is 2. The standard InChI is InChI=1S/C14H12N6O2/c21-12-11(9-15-13(19-12)20-8-4-7-16-20)18-14(22)17-10-5-2-1-3-6-10/h1-9H,(H,15,19,21)(H2,17,18,22). The number of carbonyl (C=O) groups excluding carboxylic acids is 1. The zero-order valence-electron chi connectivity index (χ0n) is 11.3. The Kier molecular flexibility index (Phi) is 3.65. The van der Waals surface area contributed by atoms with Gasteiger partial charge in [0, 0.05) is 18.1 Å². The Hall–Kier alpha value is -3.42. The van der Waals surface area contributed by atoms with Gasteiger partial charge in [-0.25, -0.2) is 14.5 Å². The first-order valence-electron chi connectivity index (χ1n) is 6.41. The monoisotopic (exact) mass is 296 g/mol. The number of urea groups is 1. The summed E-state index contributed by atoms with van der Waals surface area (Å²) < 4.78 is 1.40. The fourth-order valence-corrected chi connectivity index (χ4v) is 1.76. The van der Waals surface area contributed by atoms with E-state index in [-0.39, 0.29) is 17.5 Å². The minimum Gasteiger partial charge on any atom is -0.492 e. The molecule has 0 saturated heterocycles. The number of carbonyl (C=O) groups is 1. The quantitative estimate of drug-likeness (QED) is 0.685. The van der Waals surface area contributed by atoms with Crippen LogP contribution >= 0.6 is 0 Å². The Bertz CT molecular complexity index is 773. The van der Waals surface area contributed by atoms with Gasteiger partial charge in [0.05, 0.1) is 6.20 Å². The maximum Gasteiger partial charge on any atom is 0.323 e. The van der Waals surface area contributed by atoms with Crippen molar-refractivity contribution >= 4 is 17.4 Å². The Morgan fingerprint density at radius 1 is 1.14 bits per heavy atom. The molecule has 0 fully saturated rings. The van der Waals surface area contributed by atoms with Crippen LogP contribution in [0.15, 0.2) is 55.0 Å². The molecule has 8 heteroatoms. The minimum atomic E-state index is -0.503. The lowest BCUT2D eigenvalue weighted by Crippen LogP contribution is -2.20. The highest BCUT2D eigenvalue weighted by Crippen LogP contribution is 2.20. The number of nitrogens with zero attached hydrogens (tertiary/aromatic N) is 4. The first-order chi connectivity index (χ1) is 10.7. The van der Waals surface area contributed by atoms with Gasteiger partial charge >= 0.3 is 6.03 Å². The highest BCUT2D eigenvalue weighted by Gasteiger charge is 2.10. The molecule has 110 valence electrons. The molecule has 0 spiro atoms. The van der Waals surface area contributed by atoms with Crippen molar-refractivity contribution < 1.29 is 9.90 Å². The highest BCUT2D eigenvalue weighted by molar-refractivity contribution is 6.00. The summed E-state index contributed by atoms with van der Waals surface area (Å²) in [5.41, 5.74) is 0.734. The summed E-state index contributed by atoms with van der Waals surface area (Å²) in [6.45, 7) is 0. The lowest BCUT2D eigenvalue weighted by molar-refractivity contribution is 0.262. The van der Waals surface area contributed by atoms with E-state index < -0.39 is 6.03 Å². The Morgan fingerprint density at radius 2 is 1.95 bits per heavy atom. The number of para-hydroxylation sites is 1. The molecule has 0 unspecified atom stereocenters. The zero-order chi connectivity index (χ0) is 15.4. The number of aromatic nitrogens is 4. The number of hydrogen-bond acceptors (Lipinski definition) is 5. The molecule has 22 heavy (non-hydrogen) atoms. The van der Waals surface area contributed by atoms with E-state index in [2.05, 4.69) is 25.7 Å². The van der Waals surface area contributed by atoms with E-state index in [9.17, 15) is 9.90 Å². The summed E-state index contributed by atoms with van der Waals surface area (Å²) in [6, 6.07) is 10.1. The molecule has 8 nitrogen and oxygen atoms in total. The van der Waals surface area contributed by atoms with Crippen molar-refractivity contribution in [2.24, 2.45) is 0 Å². The summed E-state index contributed by atoms with van der Waals surface area (Å²) >= 11 is 0. The minimum absolute atomic E-state index is 0.101. The predicted molar refractivity (Wildman–Crippen MR) is 79.9 cm³/mol. The molecule has 2 aromatic heterocycles. The van der Waals surface area contributed by atoms with Crippen LogP contribution in [0.4, 0.5) is 16.2 Å². The summed E-state index contributed by atoms with van der Waals surface area (Å²) in [7, 11) is 0. The Morgan fingerprint density at radius 3 is 2.64 bits per heavy atom. The van der Waals surface area contributed by atoms with Crippen molar-refractivity contribution in [1.29, 1.82) is 0 Å². The molecule has 0 aliphatic carbocycles. The van der Waals surface area contributed by atoms with Gasteiger partial charge in [-0.05, 0) is 18.2 Å². The van der Waals surface area contributed by atoms with E-state index in [1.807, 2.05) is 6.07 Å². The normalized spacial score (nSPS) is 10.2. The van der Waals surface area contributed by atoms with Crippen LogP contribution in [0, 0.1) is 0 Å². The van der Waals surface area contributed by atoms with Crippen molar-refractivity contribution in [2.75, 3.05) is 10.6 Å². The van der Waals surface area contributed by atoms with Crippen molar-refractivity contribution in [1.82, 2.24) is 19.7 Å². The van der Waals surface area contributed by atoms with Gasteiger partial charge in [0.15, 0.2) is 0 Å². The van der Waals surface area contributed by atoms with E-state index in [4.69, 9.17) is 0 Å². The van der Waals surface area contributed by atoms with Crippen LogP contribution in [0.5, 0.6) is 5.88 Å². The fraction of sp³-hybridized carbons (Fsp3) is 0. The molecule has 3 aromatic rings. The smallest absolute Gasteiger partial charge is 0.323 e. The summed E-state index contributed by atoms with van der Waals surface area (Å²) in [6.07, 6.45) is 4.52. The maximum atomic E-state index is 11.8. The molecule has 3 N–H and O–H groups in total. The molecule has 0 saturated carbocycles. The third-order valence-electron chi connectivity index (χ3n) is 2.75. The number of nitrogens with one attached hydrogen (secondary N) is 2. The third-order valence-corrected chi connectivity index (χ3v) is 2.75. The van der Waals surface area contributed by atoms with Crippen LogP contribution in [-0.4, -0.2) is 30.9 Å². The summed E-state index contributed by atoms with van der Waals surface area (Å²) in [5.74, 6) is -0.139. The lowest BCUT2D eigenvalue weighted by atomic mass is 10.3. The third kappa shape index (κ3) is 3.01. The van der Waals surface area contributed by atoms with Crippen LogP contribution < -0.4 is 10.6 Å². The molecule has 2 amide bonds. The van der Waals surface area contributed by atoms with Crippen LogP contribution in [0.1, 0.15) is 0 Å². The lowest BCUT2D eigenvalue weighted by Gasteiger charge is -2.09. The van der Waals surface area contributed by atoms with Gasteiger partial charge in [0.2, 0.25) is 5.88 Å². The molecular weight excluding hydrogens is 284 g/mol. The Balaban J connectivity index is 1.71. The van der Waals surface area contributed by atoms with Gasteiger partial charge in [0.1, 0.15) is 5.69 Å². The van der Waals surface area contributed by atoms with Crippen LogP contribution in [0.2, 0.25) is 0 Å². The maximum absolute atomic E-state index is 11.8. The topological polar surface area (TPSA) is 105 Å². The van der Waals surface area contributed by atoms with E-state index in [1.165, 1.54) is 10.9 Å². The molecule has 0 atom stereocenters. The van der Waals surface area contributed by atoms with Crippen LogP contribution in [-0.2, 0) is 0 Å². The fourth-order valence-electron chi connectivity index (χ4n) is 1.76. The number of hydrogen-bond donors (Lipinski definition) is 3. The van der Waals surface area contributed by atoms with Crippen molar-refractivity contribution in [2.45, 2.75) is 0 Å². The van der Waals surface area contributed by atoms with Gasteiger partial charge in [-0.15, -0.1) is 0 Å². The SMILES string of the molecule is O=C(Nc1ccccc1)Nc1cnc(-n2cccn2)nc1O. The average Bonchev–Trinajstić information content (AvgIpc) is 3.04. The largest absolute Gasteiger partial charge is 0.492 e. The second-order valence-electron chi connectivity index (χ2n) is 4.30.